The van der Waals surface area contributed by atoms with Crippen molar-refractivity contribution in [2.75, 3.05) is 12.0 Å². The number of anilines is 1. The van der Waals surface area contributed by atoms with Crippen molar-refractivity contribution in [3.05, 3.63) is 66.0 Å². The second kappa shape index (κ2) is 6.53. The summed E-state index contributed by atoms with van der Waals surface area (Å²) in [4.78, 5) is 40.3. The Bertz CT molecular complexity index is 964. The molecule has 0 saturated carbocycles. The molecule has 2 aromatic rings. The molecule has 0 radical (unpaired) electrons. The van der Waals surface area contributed by atoms with Crippen LogP contribution in [-0.2, 0) is 19.1 Å². The van der Waals surface area contributed by atoms with Gasteiger partial charge in [0.2, 0.25) is 17.4 Å². The van der Waals surface area contributed by atoms with E-state index in [1.807, 2.05) is 0 Å². The maximum absolute atomic E-state index is 14.5. The molecular formula is C21H20FN2O4+. The fourth-order valence-corrected chi connectivity index (χ4v) is 4.54. The standard InChI is InChI=1S/C21H19FN2O4/c1-21(20(27)28-2)16-15(17(23-21)13-10-6-7-11-14(13)22)18(25)24(19(16)26)12-8-4-3-5-9-12/h3-11,15-17,23H,1-2H3/p+1/t15-,16-,17-,21+/m0/s1. The first-order valence-corrected chi connectivity index (χ1v) is 9.02. The fourth-order valence-electron chi connectivity index (χ4n) is 4.54. The van der Waals surface area contributed by atoms with Gasteiger partial charge >= 0.3 is 5.97 Å². The quantitative estimate of drug-likeness (QED) is 0.638. The van der Waals surface area contributed by atoms with Gasteiger partial charge in [-0.15, -0.1) is 0 Å². The van der Waals surface area contributed by atoms with Crippen LogP contribution >= 0.6 is 0 Å². The van der Waals surface area contributed by atoms with Crippen molar-refractivity contribution in [3.8, 4) is 0 Å². The molecule has 28 heavy (non-hydrogen) atoms. The van der Waals surface area contributed by atoms with Crippen molar-refractivity contribution in [2.45, 2.75) is 18.5 Å². The number of esters is 1. The van der Waals surface area contributed by atoms with Gasteiger partial charge in [-0.2, -0.15) is 0 Å². The van der Waals surface area contributed by atoms with E-state index in [1.165, 1.54) is 13.2 Å². The number of carbonyl (C=O) groups is 3. The molecule has 2 saturated heterocycles. The average Bonchev–Trinajstić information content (AvgIpc) is 3.16. The number of methoxy groups -OCH3 is 1. The number of para-hydroxylation sites is 1. The van der Waals surface area contributed by atoms with Crippen molar-refractivity contribution in [1.82, 2.24) is 0 Å². The van der Waals surface area contributed by atoms with Crippen LogP contribution < -0.4 is 10.2 Å². The Balaban J connectivity index is 1.85. The number of amides is 2. The summed E-state index contributed by atoms with van der Waals surface area (Å²) in [6.07, 6.45) is 0. The molecule has 0 spiro atoms. The van der Waals surface area contributed by atoms with E-state index in [1.54, 1.807) is 60.8 Å². The first-order valence-electron chi connectivity index (χ1n) is 9.02. The number of ether oxygens (including phenoxy) is 1. The Morgan fingerprint density at radius 1 is 1.07 bits per heavy atom. The topological polar surface area (TPSA) is 80.3 Å². The minimum atomic E-state index is -1.33. The van der Waals surface area contributed by atoms with E-state index in [0.717, 1.165) is 4.90 Å². The molecule has 6 nitrogen and oxygen atoms in total. The highest BCUT2D eigenvalue weighted by Crippen LogP contribution is 2.46. The number of hydrogen-bond acceptors (Lipinski definition) is 4. The number of imide groups is 1. The number of carbonyl (C=O) groups excluding carboxylic acids is 3. The Morgan fingerprint density at radius 2 is 1.71 bits per heavy atom. The minimum Gasteiger partial charge on any atom is -0.464 e. The Kier molecular flexibility index (Phi) is 4.27. The summed E-state index contributed by atoms with van der Waals surface area (Å²) in [5.74, 6) is -3.80. The number of halogens is 1. The summed E-state index contributed by atoms with van der Waals surface area (Å²) in [6.45, 7) is 1.58. The predicted octanol–water partition coefficient (Wildman–Crippen LogP) is 1.18. The third kappa shape index (κ3) is 2.46. The van der Waals surface area contributed by atoms with Gasteiger partial charge in [0.25, 0.3) is 0 Å². The van der Waals surface area contributed by atoms with E-state index in [0.29, 0.717) is 11.3 Å². The van der Waals surface area contributed by atoms with Crippen LogP contribution in [-0.4, -0.2) is 30.4 Å². The van der Waals surface area contributed by atoms with Crippen LogP contribution in [0, 0.1) is 17.7 Å². The van der Waals surface area contributed by atoms with Crippen LogP contribution in [0.25, 0.3) is 0 Å². The molecule has 0 aliphatic carbocycles. The molecule has 4 atom stereocenters. The number of fused-ring (bicyclic) bond motifs is 1. The smallest absolute Gasteiger partial charge is 0.368 e. The molecule has 2 amide bonds. The van der Waals surface area contributed by atoms with Gasteiger partial charge in [0, 0.05) is 12.5 Å². The zero-order chi connectivity index (χ0) is 20.1. The van der Waals surface area contributed by atoms with Gasteiger partial charge in [0.15, 0.2) is 0 Å². The van der Waals surface area contributed by atoms with Gasteiger partial charge in [0.1, 0.15) is 23.7 Å². The van der Waals surface area contributed by atoms with Crippen molar-refractivity contribution in [3.63, 3.8) is 0 Å². The average molecular weight is 383 g/mol. The molecule has 144 valence electrons. The van der Waals surface area contributed by atoms with Gasteiger partial charge in [-0.3, -0.25) is 9.59 Å². The molecule has 0 unspecified atom stereocenters. The zero-order valence-electron chi connectivity index (χ0n) is 15.5. The summed E-state index contributed by atoms with van der Waals surface area (Å²) < 4.78 is 19.5. The van der Waals surface area contributed by atoms with Gasteiger partial charge in [-0.05, 0) is 18.2 Å². The first-order chi connectivity index (χ1) is 13.4. The molecule has 0 aromatic heterocycles. The van der Waals surface area contributed by atoms with Gasteiger partial charge in [0.05, 0.1) is 12.8 Å². The summed E-state index contributed by atoms with van der Waals surface area (Å²) in [5.41, 5.74) is -0.601. The SMILES string of the molecule is COC(=O)[C@]1(C)[NH2+][C@@H](c2ccccc2F)[C@H]2C(=O)N(c3ccccc3)C(=O)[C@H]21. The number of nitrogens with zero attached hydrogens (tertiary/aromatic N) is 1. The third-order valence-corrected chi connectivity index (χ3v) is 5.81. The van der Waals surface area contributed by atoms with Crippen molar-refractivity contribution < 1.29 is 28.8 Å². The lowest BCUT2D eigenvalue weighted by molar-refractivity contribution is -0.731. The molecule has 2 fully saturated rings. The molecular weight excluding hydrogens is 363 g/mol. The van der Waals surface area contributed by atoms with E-state index < -0.39 is 47.0 Å². The van der Waals surface area contributed by atoms with E-state index in [2.05, 4.69) is 0 Å². The van der Waals surface area contributed by atoms with Crippen molar-refractivity contribution in [2.24, 2.45) is 11.8 Å². The number of hydrogen-bond donors (Lipinski definition) is 1. The van der Waals surface area contributed by atoms with Crippen molar-refractivity contribution >= 4 is 23.5 Å². The monoisotopic (exact) mass is 383 g/mol. The van der Waals surface area contributed by atoms with Crippen molar-refractivity contribution in [1.29, 1.82) is 0 Å². The maximum atomic E-state index is 14.5. The highest BCUT2D eigenvalue weighted by molar-refractivity contribution is 6.23. The normalized spacial score (nSPS) is 29.1. The summed E-state index contributed by atoms with van der Waals surface area (Å²) in [6, 6.07) is 14.0. The highest BCUT2D eigenvalue weighted by atomic mass is 19.1. The van der Waals surface area contributed by atoms with Crippen LogP contribution in [0.3, 0.4) is 0 Å². The van der Waals surface area contributed by atoms with Gasteiger partial charge < -0.3 is 10.1 Å². The summed E-state index contributed by atoms with van der Waals surface area (Å²) in [5, 5.41) is 1.60. The Labute approximate surface area is 161 Å². The summed E-state index contributed by atoms with van der Waals surface area (Å²) >= 11 is 0. The van der Waals surface area contributed by atoms with E-state index >= 15 is 0 Å². The van der Waals surface area contributed by atoms with Crippen LogP contribution in [0.5, 0.6) is 0 Å². The number of quaternary nitrogens is 1. The van der Waals surface area contributed by atoms with Crippen LogP contribution in [0.4, 0.5) is 10.1 Å². The minimum absolute atomic E-state index is 0.293. The molecule has 4 rings (SSSR count). The third-order valence-electron chi connectivity index (χ3n) is 5.81. The largest absolute Gasteiger partial charge is 0.464 e. The lowest BCUT2D eigenvalue weighted by Crippen LogP contribution is -2.97. The predicted molar refractivity (Wildman–Crippen MR) is 97.4 cm³/mol. The first kappa shape index (κ1) is 18.3. The number of nitrogens with two attached hydrogens (primary N) is 1. The van der Waals surface area contributed by atoms with Crippen LogP contribution in [0.1, 0.15) is 18.5 Å². The molecule has 2 aromatic carbocycles. The van der Waals surface area contributed by atoms with E-state index in [4.69, 9.17) is 4.74 Å². The van der Waals surface area contributed by atoms with Crippen LogP contribution in [0.2, 0.25) is 0 Å². The molecule has 2 aliphatic rings. The highest BCUT2D eigenvalue weighted by Gasteiger charge is 2.71. The molecule has 0 bridgehead atoms. The maximum Gasteiger partial charge on any atom is 0.368 e. The number of benzene rings is 2. The lowest BCUT2D eigenvalue weighted by Gasteiger charge is -2.25. The Hall–Kier alpha value is -3.06. The lowest BCUT2D eigenvalue weighted by atomic mass is 9.80. The molecule has 2 N–H and O–H groups in total. The molecule has 2 heterocycles. The fraction of sp³-hybridized carbons (Fsp3) is 0.286. The zero-order valence-corrected chi connectivity index (χ0v) is 15.5. The Morgan fingerprint density at radius 3 is 2.36 bits per heavy atom. The van der Waals surface area contributed by atoms with Gasteiger partial charge in [-0.25, -0.2) is 14.1 Å². The molecule has 7 heteroatoms. The summed E-state index contributed by atoms with van der Waals surface area (Å²) in [7, 11) is 1.24. The molecule has 2 aliphatic heterocycles. The van der Waals surface area contributed by atoms with Crippen LogP contribution in [0.15, 0.2) is 54.6 Å². The van der Waals surface area contributed by atoms with E-state index in [9.17, 15) is 18.8 Å². The van der Waals surface area contributed by atoms with E-state index in [-0.39, 0.29) is 0 Å². The second-order valence-electron chi connectivity index (χ2n) is 7.34. The number of rotatable bonds is 3. The second-order valence-corrected chi connectivity index (χ2v) is 7.34. The van der Waals surface area contributed by atoms with Gasteiger partial charge in [-0.1, -0.05) is 36.4 Å².